The fraction of sp³-hybridized carbons (Fsp3) is 0.800. The van der Waals surface area contributed by atoms with E-state index in [2.05, 4.69) is 0 Å². The van der Waals surface area contributed by atoms with Gasteiger partial charge >= 0.3 is 6.03 Å². The zero-order valence-corrected chi connectivity index (χ0v) is 8.95. The molecule has 0 spiro atoms. The van der Waals surface area contributed by atoms with Crippen LogP contribution in [0.25, 0.3) is 0 Å². The van der Waals surface area contributed by atoms with E-state index in [0.29, 0.717) is 6.42 Å². The number of likely N-dealkylation sites (N-methyl/N-ethyl adjacent to an activating group) is 1. The number of Topliss-reactive ketones (excluding diaryl/α,β-unsaturated/α-hetero) is 1. The van der Waals surface area contributed by atoms with Crippen molar-refractivity contribution >= 4 is 11.8 Å². The van der Waals surface area contributed by atoms with E-state index in [0.717, 1.165) is 32.5 Å². The van der Waals surface area contributed by atoms with Crippen LogP contribution in [0.3, 0.4) is 0 Å². The molecule has 0 aromatic heterocycles. The van der Waals surface area contributed by atoms with Crippen molar-refractivity contribution in [3.63, 3.8) is 0 Å². The van der Waals surface area contributed by atoms with Gasteiger partial charge in [-0.2, -0.15) is 0 Å². The van der Waals surface area contributed by atoms with Crippen molar-refractivity contribution in [2.45, 2.75) is 26.2 Å². The molecule has 1 fully saturated rings. The number of rotatable bonds is 5. The van der Waals surface area contributed by atoms with Crippen LogP contribution >= 0.6 is 0 Å². The van der Waals surface area contributed by atoms with Gasteiger partial charge in [0.05, 0.1) is 0 Å². The van der Waals surface area contributed by atoms with Crippen LogP contribution in [-0.2, 0) is 4.79 Å². The highest BCUT2D eigenvalue weighted by atomic mass is 16.2. The van der Waals surface area contributed by atoms with Crippen molar-refractivity contribution in [2.24, 2.45) is 0 Å². The molecule has 14 heavy (non-hydrogen) atoms. The Morgan fingerprint density at radius 3 is 2.57 bits per heavy atom. The van der Waals surface area contributed by atoms with Crippen LogP contribution in [-0.4, -0.2) is 48.3 Å². The number of unbranched alkanes of at least 4 members (excludes halogenated alkanes) is 1. The van der Waals surface area contributed by atoms with E-state index in [4.69, 9.17) is 0 Å². The van der Waals surface area contributed by atoms with Gasteiger partial charge in [0.1, 0.15) is 5.78 Å². The largest absolute Gasteiger partial charge is 0.326 e. The lowest BCUT2D eigenvalue weighted by molar-refractivity contribution is -0.117. The molecule has 0 unspecified atom stereocenters. The highest BCUT2D eigenvalue weighted by molar-refractivity contribution is 5.76. The average molecular weight is 198 g/mol. The first-order valence-electron chi connectivity index (χ1n) is 5.10. The van der Waals surface area contributed by atoms with E-state index < -0.39 is 0 Å². The molecular formula is C10H18N2O2. The number of carbonyl (C=O) groups excluding carboxylic acids is 2. The van der Waals surface area contributed by atoms with Gasteiger partial charge < -0.3 is 14.6 Å². The van der Waals surface area contributed by atoms with Crippen LogP contribution in [0.1, 0.15) is 26.2 Å². The predicted molar refractivity (Wildman–Crippen MR) is 54.1 cm³/mol. The predicted octanol–water partition coefficient (Wildman–Crippen LogP) is 1.11. The van der Waals surface area contributed by atoms with Crippen LogP contribution in [0.5, 0.6) is 0 Å². The summed E-state index contributed by atoms with van der Waals surface area (Å²) in [4.78, 5) is 25.7. The summed E-state index contributed by atoms with van der Waals surface area (Å²) in [7, 11) is 1.82. The minimum atomic E-state index is 0.118. The lowest BCUT2D eigenvalue weighted by atomic mass is 10.2. The van der Waals surface area contributed by atoms with Gasteiger partial charge in [0, 0.05) is 33.1 Å². The van der Waals surface area contributed by atoms with E-state index in [1.54, 1.807) is 11.8 Å². The number of ketones is 1. The Balaban J connectivity index is 2.13. The van der Waals surface area contributed by atoms with Crippen molar-refractivity contribution in [3.8, 4) is 0 Å². The first kappa shape index (κ1) is 11.0. The van der Waals surface area contributed by atoms with E-state index in [1.807, 2.05) is 11.9 Å². The highest BCUT2D eigenvalue weighted by Gasteiger charge is 2.24. The zero-order valence-electron chi connectivity index (χ0n) is 8.95. The molecule has 0 N–H and O–H groups in total. The quantitative estimate of drug-likeness (QED) is 0.621. The Labute approximate surface area is 84.9 Å². The van der Waals surface area contributed by atoms with Crippen molar-refractivity contribution in [3.05, 3.63) is 0 Å². The van der Waals surface area contributed by atoms with E-state index in [1.165, 1.54) is 0 Å². The first-order chi connectivity index (χ1) is 6.61. The summed E-state index contributed by atoms with van der Waals surface area (Å²) >= 11 is 0. The highest BCUT2D eigenvalue weighted by Crippen LogP contribution is 2.08. The minimum Gasteiger partial charge on any atom is -0.326 e. The minimum absolute atomic E-state index is 0.118. The Morgan fingerprint density at radius 1 is 1.36 bits per heavy atom. The molecule has 0 aromatic carbocycles. The third-order valence-corrected chi connectivity index (χ3v) is 2.51. The Morgan fingerprint density at radius 2 is 2.07 bits per heavy atom. The molecule has 80 valence electrons. The summed E-state index contributed by atoms with van der Waals surface area (Å²) in [6, 6.07) is 0.118. The molecule has 0 bridgehead atoms. The number of carbonyl (C=O) groups is 2. The molecule has 0 atom stereocenters. The standard InChI is InChI=1S/C10H18N2O2/c1-9(13)5-3-4-6-12-8-7-11(2)10(12)14/h3-8H2,1-2H3. The van der Waals surface area contributed by atoms with E-state index >= 15 is 0 Å². The van der Waals surface area contributed by atoms with Crippen LogP contribution in [0, 0.1) is 0 Å². The number of urea groups is 1. The second kappa shape index (κ2) is 4.98. The molecule has 0 aromatic rings. The van der Waals surface area contributed by atoms with Crippen molar-refractivity contribution < 1.29 is 9.59 Å². The third kappa shape index (κ3) is 3.01. The second-order valence-corrected chi connectivity index (χ2v) is 3.85. The summed E-state index contributed by atoms with van der Waals surface area (Å²) in [5.74, 6) is 0.231. The summed E-state index contributed by atoms with van der Waals surface area (Å²) in [5, 5.41) is 0. The van der Waals surface area contributed by atoms with E-state index in [9.17, 15) is 9.59 Å². The van der Waals surface area contributed by atoms with Gasteiger partial charge in [-0.3, -0.25) is 0 Å². The number of amides is 2. The van der Waals surface area contributed by atoms with Crippen LogP contribution in [0.2, 0.25) is 0 Å². The topological polar surface area (TPSA) is 40.6 Å². The summed E-state index contributed by atoms with van der Waals surface area (Å²) in [6.07, 6.45) is 2.46. The molecule has 4 heteroatoms. The molecular weight excluding hydrogens is 180 g/mol. The summed E-state index contributed by atoms with van der Waals surface area (Å²) < 4.78 is 0. The molecule has 1 rings (SSSR count). The van der Waals surface area contributed by atoms with Crippen LogP contribution in [0.4, 0.5) is 4.79 Å². The van der Waals surface area contributed by atoms with Crippen LogP contribution in [0.15, 0.2) is 0 Å². The Hall–Kier alpha value is -1.06. The van der Waals surface area contributed by atoms with Gasteiger partial charge in [0.2, 0.25) is 0 Å². The van der Waals surface area contributed by atoms with Gasteiger partial charge in [-0.25, -0.2) is 4.79 Å². The van der Waals surface area contributed by atoms with Gasteiger partial charge in [0.15, 0.2) is 0 Å². The molecule has 0 radical (unpaired) electrons. The zero-order chi connectivity index (χ0) is 10.6. The maximum atomic E-state index is 11.4. The Kier molecular flexibility index (Phi) is 3.92. The second-order valence-electron chi connectivity index (χ2n) is 3.85. The van der Waals surface area contributed by atoms with Gasteiger partial charge in [-0.15, -0.1) is 0 Å². The lowest BCUT2D eigenvalue weighted by Crippen LogP contribution is -2.30. The fourth-order valence-corrected chi connectivity index (χ4v) is 1.59. The SMILES string of the molecule is CC(=O)CCCCN1CCN(C)C1=O. The Bertz CT molecular complexity index is 228. The smallest absolute Gasteiger partial charge is 0.319 e. The van der Waals surface area contributed by atoms with Gasteiger partial charge in [0.25, 0.3) is 0 Å². The van der Waals surface area contributed by atoms with E-state index in [-0.39, 0.29) is 11.8 Å². The molecule has 1 saturated heterocycles. The maximum Gasteiger partial charge on any atom is 0.319 e. The van der Waals surface area contributed by atoms with Crippen molar-refractivity contribution in [1.29, 1.82) is 0 Å². The van der Waals surface area contributed by atoms with Gasteiger partial charge in [-0.05, 0) is 19.8 Å². The molecule has 1 aliphatic rings. The molecule has 1 aliphatic heterocycles. The van der Waals surface area contributed by atoms with Crippen molar-refractivity contribution in [2.75, 3.05) is 26.7 Å². The lowest BCUT2D eigenvalue weighted by Gasteiger charge is -2.15. The maximum absolute atomic E-state index is 11.4. The van der Waals surface area contributed by atoms with Gasteiger partial charge in [-0.1, -0.05) is 0 Å². The number of nitrogens with zero attached hydrogens (tertiary/aromatic N) is 2. The summed E-state index contributed by atoms with van der Waals surface area (Å²) in [6.45, 7) is 4.05. The number of hydrogen-bond donors (Lipinski definition) is 0. The average Bonchev–Trinajstić information content (AvgIpc) is 2.43. The monoisotopic (exact) mass is 198 g/mol. The first-order valence-corrected chi connectivity index (χ1v) is 5.10. The van der Waals surface area contributed by atoms with Crippen molar-refractivity contribution in [1.82, 2.24) is 9.80 Å². The molecule has 0 saturated carbocycles. The fourth-order valence-electron chi connectivity index (χ4n) is 1.59. The molecule has 0 aliphatic carbocycles. The third-order valence-electron chi connectivity index (χ3n) is 2.51. The molecule has 1 heterocycles. The van der Waals surface area contributed by atoms with Crippen LogP contribution < -0.4 is 0 Å². The normalized spacial score (nSPS) is 16.6. The summed E-state index contributed by atoms with van der Waals surface area (Å²) in [5.41, 5.74) is 0. The molecule has 2 amide bonds. The number of hydrogen-bond acceptors (Lipinski definition) is 2. The molecule has 4 nitrogen and oxygen atoms in total.